The van der Waals surface area contributed by atoms with Crippen LogP contribution in [0.25, 0.3) is 10.2 Å². The molecule has 1 atom stereocenters. The number of aliphatic carboxylic acids is 1. The zero-order valence-corrected chi connectivity index (χ0v) is 13.7. The maximum atomic E-state index is 12.2. The van der Waals surface area contributed by atoms with Crippen LogP contribution in [0.2, 0.25) is 0 Å². The lowest BCUT2D eigenvalue weighted by Crippen LogP contribution is -2.40. The van der Waals surface area contributed by atoms with Crippen molar-refractivity contribution >= 4 is 45.2 Å². The summed E-state index contributed by atoms with van der Waals surface area (Å²) in [6, 6.07) is 0.917. The second kappa shape index (κ2) is 6.48. The van der Waals surface area contributed by atoms with Crippen molar-refractivity contribution in [1.82, 2.24) is 15.1 Å². The first-order valence-corrected chi connectivity index (χ1v) is 8.60. The van der Waals surface area contributed by atoms with Crippen LogP contribution >= 0.6 is 23.1 Å². The summed E-state index contributed by atoms with van der Waals surface area (Å²) in [5, 5.41) is 16.9. The summed E-state index contributed by atoms with van der Waals surface area (Å²) < 4.78 is 1.73. The summed E-state index contributed by atoms with van der Waals surface area (Å²) in [5.74, 6) is -0.660. The van der Waals surface area contributed by atoms with Crippen LogP contribution in [0.4, 0.5) is 0 Å². The molecule has 0 aliphatic rings. The molecule has 0 aromatic carbocycles. The van der Waals surface area contributed by atoms with Crippen molar-refractivity contribution in [3.05, 3.63) is 16.6 Å². The van der Waals surface area contributed by atoms with Gasteiger partial charge >= 0.3 is 5.97 Å². The van der Waals surface area contributed by atoms with Crippen molar-refractivity contribution in [2.45, 2.75) is 19.4 Å². The van der Waals surface area contributed by atoms with Crippen molar-refractivity contribution in [3.63, 3.8) is 0 Å². The molecule has 0 unspecified atom stereocenters. The Bertz CT molecular complexity index is 643. The third-order valence-corrected chi connectivity index (χ3v) is 4.98. The highest BCUT2D eigenvalue weighted by molar-refractivity contribution is 7.98. The van der Waals surface area contributed by atoms with Gasteiger partial charge in [0.2, 0.25) is 0 Å². The molecule has 2 N–H and O–H groups in total. The molecule has 1 amide bonds. The summed E-state index contributed by atoms with van der Waals surface area (Å²) in [4.78, 5) is 24.8. The molecule has 8 heteroatoms. The zero-order valence-electron chi connectivity index (χ0n) is 12.0. The Morgan fingerprint density at radius 1 is 1.57 bits per heavy atom. The molecule has 2 heterocycles. The van der Waals surface area contributed by atoms with Crippen molar-refractivity contribution in [2.75, 3.05) is 12.0 Å². The Labute approximate surface area is 130 Å². The number of amides is 1. The largest absolute Gasteiger partial charge is 0.480 e. The molecule has 21 heavy (non-hydrogen) atoms. The number of carboxylic acid groups (broad SMARTS) is 1. The smallest absolute Gasteiger partial charge is 0.326 e. The minimum atomic E-state index is -1.00. The van der Waals surface area contributed by atoms with Crippen LogP contribution in [-0.2, 0) is 11.8 Å². The number of aryl methyl sites for hydroxylation is 2. The number of thiophene rings is 1. The number of thioether (sulfide) groups is 1. The van der Waals surface area contributed by atoms with Gasteiger partial charge in [0.15, 0.2) is 0 Å². The molecule has 0 bridgehead atoms. The quantitative estimate of drug-likeness (QED) is 0.846. The van der Waals surface area contributed by atoms with E-state index >= 15 is 0 Å². The summed E-state index contributed by atoms with van der Waals surface area (Å²) >= 11 is 2.88. The van der Waals surface area contributed by atoms with Gasteiger partial charge in [-0.2, -0.15) is 16.9 Å². The molecule has 114 valence electrons. The number of aromatic nitrogens is 2. The molecule has 0 saturated carbocycles. The average Bonchev–Trinajstić information content (AvgIpc) is 2.97. The highest BCUT2D eigenvalue weighted by atomic mass is 32.2. The maximum Gasteiger partial charge on any atom is 0.326 e. The van der Waals surface area contributed by atoms with E-state index in [1.165, 1.54) is 11.3 Å². The van der Waals surface area contributed by atoms with E-state index in [1.54, 1.807) is 22.5 Å². The first kappa shape index (κ1) is 15.8. The SMILES string of the molecule is CSCC[C@H](NC(=O)c1cc2c(C)nn(C)c2s1)C(=O)O. The Morgan fingerprint density at radius 2 is 2.29 bits per heavy atom. The van der Waals surface area contributed by atoms with Gasteiger partial charge in [-0.3, -0.25) is 9.48 Å². The van der Waals surface area contributed by atoms with Crippen LogP contribution in [-0.4, -0.2) is 44.8 Å². The fourth-order valence-corrected chi connectivity index (χ4v) is 3.54. The number of carbonyl (C=O) groups excluding carboxylic acids is 1. The van der Waals surface area contributed by atoms with E-state index in [-0.39, 0.29) is 5.91 Å². The summed E-state index contributed by atoms with van der Waals surface area (Å²) in [7, 11) is 1.83. The molecule has 0 radical (unpaired) electrons. The van der Waals surface area contributed by atoms with Crippen molar-refractivity contribution in [1.29, 1.82) is 0 Å². The number of rotatable bonds is 6. The second-order valence-corrected chi connectivity index (χ2v) is 6.70. The summed E-state index contributed by atoms with van der Waals surface area (Å²) in [6.45, 7) is 1.88. The lowest BCUT2D eigenvalue weighted by Gasteiger charge is -2.12. The molecule has 6 nitrogen and oxygen atoms in total. The van der Waals surface area contributed by atoms with Gasteiger partial charge in [-0.1, -0.05) is 0 Å². The molecular formula is C13H17N3O3S2. The van der Waals surface area contributed by atoms with E-state index in [9.17, 15) is 9.59 Å². The predicted octanol–water partition coefficient (Wildman–Crippen LogP) is 1.88. The van der Waals surface area contributed by atoms with Crippen LogP contribution < -0.4 is 5.32 Å². The Hall–Kier alpha value is -1.54. The lowest BCUT2D eigenvalue weighted by atomic mass is 10.2. The van der Waals surface area contributed by atoms with E-state index in [4.69, 9.17) is 5.11 Å². The molecule has 0 aliphatic carbocycles. The minimum absolute atomic E-state index is 0.343. The average molecular weight is 327 g/mol. The topological polar surface area (TPSA) is 84.2 Å². The van der Waals surface area contributed by atoms with E-state index in [1.807, 2.05) is 20.2 Å². The first-order valence-electron chi connectivity index (χ1n) is 6.39. The third-order valence-electron chi connectivity index (χ3n) is 3.13. The van der Waals surface area contributed by atoms with Gasteiger partial charge in [0.25, 0.3) is 5.91 Å². The third kappa shape index (κ3) is 3.38. The number of carboxylic acids is 1. The first-order chi connectivity index (χ1) is 9.93. The Morgan fingerprint density at radius 3 is 2.86 bits per heavy atom. The predicted molar refractivity (Wildman–Crippen MR) is 85.2 cm³/mol. The fourth-order valence-electron chi connectivity index (χ4n) is 2.04. The Balaban J connectivity index is 2.17. The molecule has 2 aromatic rings. The number of carbonyl (C=O) groups is 2. The monoisotopic (exact) mass is 327 g/mol. The highest BCUT2D eigenvalue weighted by Crippen LogP contribution is 2.27. The van der Waals surface area contributed by atoms with Crippen LogP contribution in [0.15, 0.2) is 6.07 Å². The molecule has 0 aliphatic heterocycles. The fraction of sp³-hybridized carbons (Fsp3) is 0.462. The van der Waals surface area contributed by atoms with E-state index < -0.39 is 12.0 Å². The van der Waals surface area contributed by atoms with Crippen LogP contribution in [0.3, 0.4) is 0 Å². The summed E-state index contributed by atoms with van der Waals surface area (Å²) in [5.41, 5.74) is 0.861. The molecule has 2 aromatic heterocycles. The van der Waals surface area contributed by atoms with E-state index in [0.717, 1.165) is 15.9 Å². The Kier molecular flexibility index (Phi) is 4.89. The van der Waals surface area contributed by atoms with Gasteiger partial charge in [-0.15, -0.1) is 11.3 Å². The summed E-state index contributed by atoms with van der Waals surface area (Å²) in [6.07, 6.45) is 2.32. The van der Waals surface area contributed by atoms with Gasteiger partial charge in [0.05, 0.1) is 10.6 Å². The highest BCUT2D eigenvalue weighted by Gasteiger charge is 2.22. The lowest BCUT2D eigenvalue weighted by molar-refractivity contribution is -0.139. The van der Waals surface area contributed by atoms with Gasteiger partial charge in [-0.25, -0.2) is 4.79 Å². The zero-order chi connectivity index (χ0) is 15.6. The van der Waals surface area contributed by atoms with E-state index in [0.29, 0.717) is 17.1 Å². The van der Waals surface area contributed by atoms with Crippen LogP contribution in [0.5, 0.6) is 0 Å². The van der Waals surface area contributed by atoms with Gasteiger partial charge in [0.1, 0.15) is 10.9 Å². The van der Waals surface area contributed by atoms with Gasteiger partial charge < -0.3 is 10.4 Å². The number of hydrogen-bond donors (Lipinski definition) is 2. The normalized spacial score (nSPS) is 12.5. The molecule has 0 saturated heterocycles. The van der Waals surface area contributed by atoms with Crippen molar-refractivity contribution < 1.29 is 14.7 Å². The number of nitrogens with zero attached hydrogens (tertiary/aromatic N) is 2. The maximum absolute atomic E-state index is 12.2. The number of fused-ring (bicyclic) bond motifs is 1. The van der Waals surface area contributed by atoms with Crippen LogP contribution in [0.1, 0.15) is 21.8 Å². The van der Waals surface area contributed by atoms with Crippen molar-refractivity contribution in [3.8, 4) is 0 Å². The minimum Gasteiger partial charge on any atom is -0.480 e. The molecule has 2 rings (SSSR count). The van der Waals surface area contributed by atoms with E-state index in [2.05, 4.69) is 10.4 Å². The molecule has 0 spiro atoms. The van der Waals surface area contributed by atoms with Gasteiger partial charge in [0, 0.05) is 12.4 Å². The molecular weight excluding hydrogens is 310 g/mol. The number of nitrogens with one attached hydrogen (secondary N) is 1. The van der Waals surface area contributed by atoms with Crippen LogP contribution in [0, 0.1) is 6.92 Å². The van der Waals surface area contributed by atoms with Crippen molar-refractivity contribution in [2.24, 2.45) is 7.05 Å². The standard InChI is InChI=1S/C13H17N3O3S2/c1-7-8-6-10(21-12(8)16(2)15-7)11(17)14-9(13(18)19)4-5-20-3/h6,9H,4-5H2,1-3H3,(H,14,17)(H,18,19)/t9-/m0/s1. The number of hydrogen-bond acceptors (Lipinski definition) is 5. The second-order valence-electron chi connectivity index (χ2n) is 4.68. The molecule has 0 fully saturated rings. The van der Waals surface area contributed by atoms with Gasteiger partial charge in [-0.05, 0) is 31.4 Å².